The van der Waals surface area contributed by atoms with E-state index in [4.69, 9.17) is 9.47 Å². The molecule has 0 aliphatic heterocycles. The van der Waals surface area contributed by atoms with Gasteiger partial charge in [-0.2, -0.15) is 5.10 Å². The molecule has 170 valence electrons. The van der Waals surface area contributed by atoms with Gasteiger partial charge in [0, 0.05) is 4.88 Å². The Labute approximate surface area is 195 Å². The highest BCUT2D eigenvalue weighted by Crippen LogP contribution is 2.32. The van der Waals surface area contributed by atoms with Crippen molar-refractivity contribution in [2.75, 3.05) is 7.11 Å². The van der Waals surface area contributed by atoms with Crippen LogP contribution in [0.3, 0.4) is 0 Å². The third kappa shape index (κ3) is 5.28. The monoisotopic (exact) mass is 466 g/mol. The van der Waals surface area contributed by atoms with Crippen molar-refractivity contribution in [2.45, 2.75) is 26.2 Å². The summed E-state index contributed by atoms with van der Waals surface area (Å²) in [5, 5.41) is 4.03. The topological polar surface area (TPSA) is 77.0 Å². The summed E-state index contributed by atoms with van der Waals surface area (Å²) in [6.07, 6.45) is 4.65. The lowest BCUT2D eigenvalue weighted by Crippen LogP contribution is -2.16. The van der Waals surface area contributed by atoms with Gasteiger partial charge in [0.05, 0.1) is 23.8 Å². The Morgan fingerprint density at radius 2 is 2.00 bits per heavy atom. The first kappa shape index (κ1) is 22.7. The summed E-state index contributed by atoms with van der Waals surface area (Å²) in [5.74, 6) is -0.679. The third-order valence-corrected chi connectivity index (χ3v) is 6.65. The van der Waals surface area contributed by atoms with E-state index in [0.717, 1.165) is 19.3 Å². The number of methoxy groups -OCH3 is 1. The average Bonchev–Trinajstić information content (AvgIpc) is 3.23. The molecule has 1 amide bonds. The molecule has 1 aliphatic rings. The Kier molecular flexibility index (Phi) is 6.84. The molecule has 0 bridgehead atoms. The highest BCUT2D eigenvalue weighted by atomic mass is 32.1. The number of esters is 1. The molecule has 1 aromatic heterocycles. The number of nitrogens with one attached hydrogen (secondary N) is 1. The van der Waals surface area contributed by atoms with Crippen molar-refractivity contribution >= 4 is 29.4 Å². The van der Waals surface area contributed by atoms with Gasteiger partial charge in [-0.25, -0.2) is 14.6 Å². The second-order valence-electron chi connectivity index (χ2n) is 7.89. The van der Waals surface area contributed by atoms with E-state index in [-0.39, 0.29) is 23.0 Å². The van der Waals surface area contributed by atoms with E-state index in [2.05, 4.69) is 17.5 Å². The quantitative estimate of drug-likeness (QED) is 0.240. The van der Waals surface area contributed by atoms with Crippen LogP contribution in [0.4, 0.5) is 4.39 Å². The Morgan fingerprint density at radius 1 is 1.18 bits per heavy atom. The number of aryl methyl sites for hydroxylation is 1. The van der Waals surface area contributed by atoms with Gasteiger partial charge in [0.15, 0.2) is 11.5 Å². The molecule has 2 aromatic carbocycles. The number of fused-ring (bicyclic) bond motifs is 1. The van der Waals surface area contributed by atoms with E-state index in [9.17, 15) is 14.0 Å². The number of ether oxygens (including phenoxy) is 2. The molecule has 1 N–H and O–H groups in total. The van der Waals surface area contributed by atoms with Crippen molar-refractivity contribution in [1.82, 2.24) is 5.43 Å². The molecule has 33 heavy (non-hydrogen) atoms. The second kappa shape index (κ2) is 9.95. The van der Waals surface area contributed by atoms with Crippen LogP contribution < -0.4 is 14.9 Å². The lowest BCUT2D eigenvalue weighted by Gasteiger charge is -2.16. The van der Waals surface area contributed by atoms with Crippen molar-refractivity contribution in [3.05, 3.63) is 80.8 Å². The lowest BCUT2D eigenvalue weighted by atomic mass is 9.90. The van der Waals surface area contributed by atoms with Gasteiger partial charge in [-0.15, -0.1) is 11.3 Å². The first-order valence-electron chi connectivity index (χ1n) is 10.5. The van der Waals surface area contributed by atoms with Gasteiger partial charge in [0.1, 0.15) is 5.82 Å². The fourth-order valence-electron chi connectivity index (χ4n) is 3.67. The van der Waals surface area contributed by atoms with Crippen LogP contribution in [0.2, 0.25) is 0 Å². The van der Waals surface area contributed by atoms with E-state index in [1.807, 2.05) is 6.07 Å². The average molecular weight is 467 g/mol. The van der Waals surface area contributed by atoms with Crippen molar-refractivity contribution in [1.29, 1.82) is 0 Å². The van der Waals surface area contributed by atoms with E-state index in [1.165, 1.54) is 59.4 Å². The highest BCUT2D eigenvalue weighted by molar-refractivity contribution is 7.14. The van der Waals surface area contributed by atoms with Gasteiger partial charge >= 0.3 is 5.97 Å². The number of carbonyl (C=O) groups is 2. The molecule has 1 aliphatic carbocycles. The molecule has 8 heteroatoms. The van der Waals surface area contributed by atoms with Crippen molar-refractivity contribution in [3.8, 4) is 11.5 Å². The minimum Gasteiger partial charge on any atom is -0.493 e. The molecular weight excluding hydrogens is 443 g/mol. The van der Waals surface area contributed by atoms with Gasteiger partial charge in [-0.3, -0.25) is 4.79 Å². The van der Waals surface area contributed by atoms with E-state index in [0.29, 0.717) is 16.4 Å². The fraction of sp³-hybridized carbons (Fsp3) is 0.240. The maximum absolute atomic E-state index is 13.8. The largest absolute Gasteiger partial charge is 0.493 e. The van der Waals surface area contributed by atoms with Crippen molar-refractivity contribution < 1.29 is 23.5 Å². The molecule has 0 saturated heterocycles. The third-order valence-electron chi connectivity index (χ3n) is 5.42. The molecule has 0 radical (unpaired) electrons. The minimum atomic E-state index is -0.826. The molecule has 0 saturated carbocycles. The molecule has 0 fully saturated rings. The van der Waals surface area contributed by atoms with Gasteiger partial charge in [0.25, 0.3) is 5.91 Å². The number of rotatable bonds is 6. The Bertz CT molecular complexity index is 1220. The predicted molar refractivity (Wildman–Crippen MR) is 125 cm³/mol. The maximum atomic E-state index is 13.8. The summed E-state index contributed by atoms with van der Waals surface area (Å²) in [6, 6.07) is 12.3. The Morgan fingerprint density at radius 3 is 2.79 bits per heavy atom. The zero-order valence-corrected chi connectivity index (χ0v) is 19.1. The first-order valence-corrected chi connectivity index (χ1v) is 11.4. The highest BCUT2D eigenvalue weighted by Gasteiger charge is 2.20. The van der Waals surface area contributed by atoms with E-state index >= 15 is 0 Å². The fourth-order valence-corrected chi connectivity index (χ4v) is 4.77. The predicted octanol–water partition coefficient (Wildman–Crippen LogP) is 5.00. The molecule has 1 atom stereocenters. The van der Waals surface area contributed by atoms with Crippen LogP contribution in [-0.4, -0.2) is 25.2 Å². The number of hydrazone groups is 1. The van der Waals surface area contributed by atoms with Gasteiger partial charge in [-0.1, -0.05) is 19.1 Å². The second-order valence-corrected chi connectivity index (χ2v) is 9.02. The molecule has 4 rings (SSSR count). The lowest BCUT2D eigenvalue weighted by molar-refractivity contribution is 0.0724. The summed E-state index contributed by atoms with van der Waals surface area (Å²) < 4.78 is 24.4. The summed E-state index contributed by atoms with van der Waals surface area (Å²) in [5.41, 5.74) is 4.27. The number of nitrogens with zero attached hydrogens (tertiary/aromatic N) is 1. The Hall–Kier alpha value is -3.52. The van der Waals surface area contributed by atoms with Crippen molar-refractivity contribution in [2.24, 2.45) is 11.0 Å². The first-order chi connectivity index (χ1) is 15.9. The molecule has 1 heterocycles. The summed E-state index contributed by atoms with van der Waals surface area (Å²) in [4.78, 5) is 26.7. The number of hydrogen-bond acceptors (Lipinski definition) is 6. The normalized spacial score (nSPS) is 15.2. The summed E-state index contributed by atoms with van der Waals surface area (Å²) >= 11 is 1.52. The minimum absolute atomic E-state index is 0.144. The van der Waals surface area contributed by atoms with E-state index < -0.39 is 11.8 Å². The number of hydrogen-bond donors (Lipinski definition) is 1. The molecule has 0 unspecified atom stereocenters. The summed E-state index contributed by atoms with van der Waals surface area (Å²) in [7, 11) is 1.43. The molecule has 6 nitrogen and oxygen atoms in total. The smallest absolute Gasteiger partial charge is 0.346 e. The molecule has 0 spiro atoms. The van der Waals surface area contributed by atoms with Crippen LogP contribution in [0.25, 0.3) is 0 Å². The molecular formula is C25H23FN2O4S. The number of benzene rings is 2. The number of carbonyl (C=O) groups excluding carboxylic acids is 2. The number of thiophene rings is 1. The van der Waals surface area contributed by atoms with Crippen LogP contribution in [0, 0.1) is 11.7 Å². The maximum Gasteiger partial charge on any atom is 0.346 e. The van der Waals surface area contributed by atoms with Crippen LogP contribution in [0.15, 0.2) is 53.6 Å². The number of halogens is 1. The van der Waals surface area contributed by atoms with Gasteiger partial charge in [-0.05, 0) is 72.7 Å². The standard InChI is InChI=1S/C25H23FN2O4S/c1-15-7-10-22-17(11-15)13-23(33-22)24(29)28-27-14-16-8-9-20(21(12-16)31-2)32-25(30)18-5-3-4-6-19(18)26/h3-6,8-9,12-15H,7,10-11H2,1-2H3,(H,28,29)/b27-14-/t15-/m1/s1. The van der Waals surface area contributed by atoms with E-state index in [1.54, 1.807) is 18.2 Å². The molecule has 3 aromatic rings. The zero-order chi connectivity index (χ0) is 23.4. The van der Waals surface area contributed by atoms with Crippen LogP contribution in [-0.2, 0) is 12.8 Å². The zero-order valence-electron chi connectivity index (χ0n) is 18.3. The van der Waals surface area contributed by atoms with Crippen LogP contribution >= 0.6 is 11.3 Å². The van der Waals surface area contributed by atoms with Gasteiger partial charge < -0.3 is 9.47 Å². The SMILES string of the molecule is COc1cc(/C=N\NC(=O)c2cc3c(s2)CC[C@@H](C)C3)ccc1OC(=O)c1ccccc1F. The van der Waals surface area contributed by atoms with Crippen LogP contribution in [0.1, 0.15) is 49.4 Å². The number of amides is 1. The Balaban J connectivity index is 1.41. The van der Waals surface area contributed by atoms with Gasteiger partial charge in [0.2, 0.25) is 0 Å². The van der Waals surface area contributed by atoms with Crippen molar-refractivity contribution in [3.63, 3.8) is 0 Å². The summed E-state index contributed by atoms with van der Waals surface area (Å²) in [6.45, 7) is 2.23. The van der Waals surface area contributed by atoms with Crippen LogP contribution in [0.5, 0.6) is 11.5 Å².